The standard InChI is InChI=1S/C22H20Cl2N2O6S/c1-21(15-6-16(23)8-17(24)7-15)31-20(25-32-21)13-3-4-18-14(5-13)9-30-22(18)11-26(12-22)19(27)10-33(2,28)29/h3-8H,9-12H2,1-2H3. The fraction of sp³-hybridized carbons (Fsp3) is 0.364. The predicted molar refractivity (Wildman–Crippen MR) is 122 cm³/mol. The highest BCUT2D eigenvalue weighted by molar-refractivity contribution is 7.91. The van der Waals surface area contributed by atoms with E-state index in [9.17, 15) is 13.2 Å². The highest BCUT2D eigenvalue weighted by Gasteiger charge is 2.52. The van der Waals surface area contributed by atoms with Crippen molar-refractivity contribution in [2.75, 3.05) is 25.1 Å². The molecule has 1 fully saturated rings. The first-order chi connectivity index (χ1) is 15.5. The zero-order chi connectivity index (χ0) is 23.6. The van der Waals surface area contributed by atoms with Crippen molar-refractivity contribution in [2.45, 2.75) is 24.9 Å². The van der Waals surface area contributed by atoms with E-state index in [0.717, 1.165) is 22.9 Å². The summed E-state index contributed by atoms with van der Waals surface area (Å²) in [6, 6.07) is 10.7. The van der Waals surface area contributed by atoms with E-state index in [1.54, 1.807) is 25.1 Å². The molecular formula is C22H20Cl2N2O6S. The fourth-order valence-electron chi connectivity index (χ4n) is 4.30. The van der Waals surface area contributed by atoms with Crippen LogP contribution in [0.4, 0.5) is 0 Å². The van der Waals surface area contributed by atoms with Crippen molar-refractivity contribution in [1.82, 2.24) is 4.90 Å². The van der Waals surface area contributed by atoms with Crippen molar-refractivity contribution in [3.63, 3.8) is 0 Å². The third-order valence-corrected chi connectivity index (χ3v) is 7.17. The zero-order valence-electron chi connectivity index (χ0n) is 17.8. The van der Waals surface area contributed by atoms with Gasteiger partial charge in [-0.05, 0) is 46.6 Å². The molecule has 8 nitrogen and oxygen atoms in total. The molecule has 5 rings (SSSR count). The van der Waals surface area contributed by atoms with Gasteiger partial charge in [0.05, 0.1) is 19.7 Å². The van der Waals surface area contributed by atoms with E-state index in [-0.39, 0.29) is 0 Å². The summed E-state index contributed by atoms with van der Waals surface area (Å²) in [5.74, 6) is -1.77. The number of carbonyl (C=O) groups excluding carboxylic acids is 1. The molecule has 174 valence electrons. The summed E-state index contributed by atoms with van der Waals surface area (Å²) in [6.07, 6.45) is 1.05. The average Bonchev–Trinajstić information content (AvgIpc) is 3.26. The summed E-state index contributed by atoms with van der Waals surface area (Å²) in [7, 11) is -3.38. The number of ether oxygens (including phenoxy) is 2. The first-order valence-corrected chi connectivity index (χ1v) is 12.9. The lowest BCUT2D eigenvalue weighted by Gasteiger charge is -2.47. The molecular weight excluding hydrogens is 491 g/mol. The van der Waals surface area contributed by atoms with Gasteiger partial charge < -0.3 is 19.2 Å². The molecule has 0 saturated carbocycles. The maximum atomic E-state index is 12.2. The summed E-state index contributed by atoms with van der Waals surface area (Å²) < 4.78 is 34.9. The van der Waals surface area contributed by atoms with Crippen LogP contribution < -0.4 is 0 Å². The second kappa shape index (κ2) is 7.59. The lowest BCUT2D eigenvalue weighted by molar-refractivity contribution is -0.166. The molecule has 33 heavy (non-hydrogen) atoms. The Morgan fingerprint density at radius 2 is 1.85 bits per heavy atom. The Kier molecular flexibility index (Phi) is 5.17. The Bertz CT molecular complexity index is 1290. The fourth-order valence-corrected chi connectivity index (χ4v) is 5.45. The molecule has 0 N–H and O–H groups in total. The van der Waals surface area contributed by atoms with Gasteiger partial charge in [-0.1, -0.05) is 29.3 Å². The molecule has 2 aromatic carbocycles. The quantitative estimate of drug-likeness (QED) is 0.626. The minimum Gasteiger partial charge on any atom is -0.426 e. The van der Waals surface area contributed by atoms with Crippen LogP contribution in [0.25, 0.3) is 0 Å². The first-order valence-electron chi connectivity index (χ1n) is 10.1. The first kappa shape index (κ1) is 22.5. The summed E-state index contributed by atoms with van der Waals surface area (Å²) in [6.45, 7) is 2.74. The molecule has 1 unspecified atom stereocenters. The number of halogens is 2. The van der Waals surface area contributed by atoms with Crippen LogP contribution in [0.1, 0.15) is 29.2 Å². The van der Waals surface area contributed by atoms with E-state index in [4.69, 9.17) is 37.5 Å². The van der Waals surface area contributed by atoms with E-state index < -0.39 is 32.9 Å². The number of fused-ring (bicyclic) bond motifs is 2. The number of hydrogen-bond donors (Lipinski definition) is 0. The highest BCUT2D eigenvalue weighted by Crippen LogP contribution is 2.44. The molecule has 1 saturated heterocycles. The van der Waals surface area contributed by atoms with Crippen molar-refractivity contribution in [1.29, 1.82) is 0 Å². The van der Waals surface area contributed by atoms with E-state index >= 15 is 0 Å². The Morgan fingerprint density at radius 1 is 1.15 bits per heavy atom. The number of nitrogens with zero attached hydrogens (tertiary/aromatic N) is 2. The van der Waals surface area contributed by atoms with Crippen LogP contribution in [0.2, 0.25) is 10.0 Å². The monoisotopic (exact) mass is 510 g/mol. The molecule has 0 aromatic heterocycles. The topological polar surface area (TPSA) is 94.5 Å². The summed E-state index contributed by atoms with van der Waals surface area (Å²) in [5, 5.41) is 5.04. The van der Waals surface area contributed by atoms with Gasteiger partial charge >= 0.3 is 5.79 Å². The van der Waals surface area contributed by atoms with Gasteiger partial charge in [0.15, 0.2) is 9.84 Å². The van der Waals surface area contributed by atoms with Gasteiger partial charge in [-0.2, -0.15) is 0 Å². The van der Waals surface area contributed by atoms with Crippen LogP contribution in [-0.4, -0.2) is 50.2 Å². The molecule has 0 radical (unpaired) electrons. The lowest BCUT2D eigenvalue weighted by Crippen LogP contribution is -2.62. The van der Waals surface area contributed by atoms with Crippen molar-refractivity contribution in [3.8, 4) is 0 Å². The number of sulfone groups is 1. The average molecular weight is 511 g/mol. The van der Waals surface area contributed by atoms with Gasteiger partial charge in [-0.3, -0.25) is 4.79 Å². The number of amides is 1. The largest absolute Gasteiger partial charge is 0.426 e. The SMILES string of the molecule is CC1(c2cc(Cl)cc(Cl)c2)ON=C(c2ccc3c(c2)COC32CN(C(=O)CS(C)(=O)=O)C2)O1. The summed E-state index contributed by atoms with van der Waals surface area (Å²) in [4.78, 5) is 19.3. The highest BCUT2D eigenvalue weighted by atomic mass is 35.5. The minimum atomic E-state index is -3.38. The van der Waals surface area contributed by atoms with Crippen LogP contribution in [0, 0.1) is 0 Å². The smallest absolute Gasteiger partial charge is 0.301 e. The molecule has 3 heterocycles. The second-order valence-electron chi connectivity index (χ2n) is 8.67. The second-order valence-corrected chi connectivity index (χ2v) is 11.7. The number of hydrogen-bond acceptors (Lipinski definition) is 7. The Balaban J connectivity index is 1.31. The Hall–Kier alpha value is -2.33. The van der Waals surface area contributed by atoms with Gasteiger partial charge in [0.1, 0.15) is 11.4 Å². The number of carbonyl (C=O) groups is 1. The molecule has 3 aliphatic rings. The van der Waals surface area contributed by atoms with Crippen molar-refractivity contribution in [3.05, 3.63) is 68.7 Å². The van der Waals surface area contributed by atoms with E-state index in [1.165, 1.54) is 4.90 Å². The van der Waals surface area contributed by atoms with E-state index in [0.29, 0.717) is 41.2 Å². The summed E-state index contributed by atoms with van der Waals surface area (Å²) >= 11 is 12.2. The van der Waals surface area contributed by atoms with Crippen molar-refractivity contribution >= 4 is 44.8 Å². The van der Waals surface area contributed by atoms with Crippen LogP contribution in [0.5, 0.6) is 0 Å². The van der Waals surface area contributed by atoms with Crippen LogP contribution in [-0.2, 0) is 46.9 Å². The van der Waals surface area contributed by atoms with Gasteiger partial charge in [0, 0.05) is 34.4 Å². The number of oxime groups is 1. The van der Waals surface area contributed by atoms with Crippen LogP contribution in [0.3, 0.4) is 0 Å². The van der Waals surface area contributed by atoms with E-state index in [2.05, 4.69) is 5.16 Å². The lowest BCUT2D eigenvalue weighted by atomic mass is 9.84. The van der Waals surface area contributed by atoms with Gasteiger partial charge in [-0.15, -0.1) is 0 Å². The number of likely N-dealkylation sites (tertiary alicyclic amines) is 1. The summed E-state index contributed by atoms with van der Waals surface area (Å²) in [5.41, 5.74) is 2.67. The van der Waals surface area contributed by atoms with Gasteiger partial charge in [-0.25, -0.2) is 8.42 Å². The third kappa shape index (κ3) is 4.07. The molecule has 1 amide bonds. The van der Waals surface area contributed by atoms with Crippen molar-refractivity contribution in [2.24, 2.45) is 5.16 Å². The molecule has 2 aromatic rings. The zero-order valence-corrected chi connectivity index (χ0v) is 20.1. The van der Waals surface area contributed by atoms with Gasteiger partial charge in [0.25, 0.3) is 5.90 Å². The van der Waals surface area contributed by atoms with Gasteiger partial charge in [0.2, 0.25) is 5.91 Å². The van der Waals surface area contributed by atoms with Crippen LogP contribution >= 0.6 is 23.2 Å². The molecule has 3 aliphatic heterocycles. The normalized spacial score (nSPS) is 22.9. The Labute approximate surface area is 200 Å². The Morgan fingerprint density at radius 3 is 2.52 bits per heavy atom. The molecule has 11 heteroatoms. The number of benzene rings is 2. The predicted octanol–water partition coefficient (Wildman–Crippen LogP) is 3.19. The third-order valence-electron chi connectivity index (χ3n) is 5.96. The molecule has 0 bridgehead atoms. The maximum Gasteiger partial charge on any atom is 0.301 e. The van der Waals surface area contributed by atoms with Crippen molar-refractivity contribution < 1.29 is 27.5 Å². The number of rotatable bonds is 4. The molecule has 1 spiro atoms. The minimum absolute atomic E-state index is 0.316. The van der Waals surface area contributed by atoms with Crippen LogP contribution in [0.15, 0.2) is 41.6 Å². The molecule has 0 aliphatic carbocycles. The maximum absolute atomic E-state index is 12.2. The van der Waals surface area contributed by atoms with E-state index in [1.807, 2.05) is 18.2 Å². The molecule has 1 atom stereocenters.